The number of nitrogens with zero attached hydrogens (tertiary/aromatic N) is 2. The summed E-state index contributed by atoms with van der Waals surface area (Å²) in [5, 5.41) is 0. The van der Waals surface area contributed by atoms with E-state index < -0.39 is 0 Å². The Morgan fingerprint density at radius 3 is 2.17 bits per heavy atom. The molecule has 0 amide bonds. The van der Waals surface area contributed by atoms with Crippen molar-refractivity contribution in [3.05, 3.63) is 0 Å². The van der Waals surface area contributed by atoms with E-state index in [1.54, 1.807) is 0 Å². The van der Waals surface area contributed by atoms with Crippen LogP contribution in [0.1, 0.15) is 53.4 Å². The molecule has 0 aromatic carbocycles. The zero-order valence-electron chi connectivity index (χ0n) is 12.9. The fraction of sp³-hybridized carbons (Fsp3) is 1.00. The van der Waals surface area contributed by atoms with Gasteiger partial charge in [0.1, 0.15) is 0 Å². The molecule has 0 N–H and O–H groups in total. The van der Waals surface area contributed by atoms with Crippen LogP contribution in [0.3, 0.4) is 0 Å². The van der Waals surface area contributed by atoms with Gasteiger partial charge < -0.3 is 9.80 Å². The van der Waals surface area contributed by atoms with Crippen LogP contribution in [0.4, 0.5) is 0 Å². The van der Waals surface area contributed by atoms with Crippen LogP contribution in [-0.4, -0.2) is 48.1 Å². The first-order valence-electron chi connectivity index (χ1n) is 8.04. The summed E-state index contributed by atoms with van der Waals surface area (Å²) in [7, 11) is 0. The van der Waals surface area contributed by atoms with Crippen molar-refractivity contribution in [2.45, 2.75) is 65.5 Å². The van der Waals surface area contributed by atoms with Gasteiger partial charge in [0.25, 0.3) is 0 Å². The van der Waals surface area contributed by atoms with Gasteiger partial charge in [-0.1, -0.05) is 13.8 Å². The van der Waals surface area contributed by atoms with Crippen LogP contribution in [0.2, 0.25) is 0 Å². The molecule has 0 spiro atoms. The topological polar surface area (TPSA) is 6.48 Å². The Kier molecular flexibility index (Phi) is 5.08. The predicted molar refractivity (Wildman–Crippen MR) is 78.9 cm³/mol. The van der Waals surface area contributed by atoms with E-state index in [0.717, 1.165) is 23.9 Å². The van der Waals surface area contributed by atoms with E-state index in [9.17, 15) is 0 Å². The molecule has 2 heteroatoms. The molecule has 2 saturated heterocycles. The number of likely N-dealkylation sites (tertiary alicyclic amines) is 2. The molecule has 18 heavy (non-hydrogen) atoms. The van der Waals surface area contributed by atoms with Crippen molar-refractivity contribution in [3.8, 4) is 0 Å². The lowest BCUT2D eigenvalue weighted by Gasteiger charge is -2.38. The third-order valence-corrected chi connectivity index (χ3v) is 4.87. The molecule has 2 nitrogen and oxygen atoms in total. The number of piperidine rings is 1. The van der Waals surface area contributed by atoms with Crippen LogP contribution in [0.15, 0.2) is 0 Å². The van der Waals surface area contributed by atoms with Crippen molar-refractivity contribution < 1.29 is 0 Å². The summed E-state index contributed by atoms with van der Waals surface area (Å²) in [4.78, 5) is 5.43. The molecule has 0 radical (unpaired) electrons. The molecule has 2 aliphatic rings. The molecule has 106 valence electrons. The Morgan fingerprint density at radius 1 is 0.944 bits per heavy atom. The Balaban J connectivity index is 1.74. The van der Waals surface area contributed by atoms with Gasteiger partial charge in [-0.25, -0.2) is 0 Å². The van der Waals surface area contributed by atoms with Gasteiger partial charge in [-0.15, -0.1) is 0 Å². The van der Waals surface area contributed by atoms with Gasteiger partial charge in [0.15, 0.2) is 0 Å². The minimum atomic E-state index is 0.734. The summed E-state index contributed by atoms with van der Waals surface area (Å²) in [6.07, 6.45) is 5.67. The second-order valence-corrected chi connectivity index (χ2v) is 7.14. The standard InChI is InChI=1S/C16H32N2/c1-13(2)11-15-5-8-18(12-15)16-6-9-17(10-7-16)14(3)4/h13-16H,5-12H2,1-4H3. The maximum absolute atomic E-state index is 2.80. The van der Waals surface area contributed by atoms with Crippen LogP contribution in [-0.2, 0) is 0 Å². The summed E-state index contributed by atoms with van der Waals surface area (Å²) in [6, 6.07) is 1.62. The molecular formula is C16H32N2. The Labute approximate surface area is 114 Å². The van der Waals surface area contributed by atoms with Crippen LogP contribution >= 0.6 is 0 Å². The van der Waals surface area contributed by atoms with E-state index in [1.807, 2.05) is 0 Å². The van der Waals surface area contributed by atoms with Crippen LogP contribution < -0.4 is 0 Å². The van der Waals surface area contributed by atoms with Crippen LogP contribution in [0, 0.1) is 11.8 Å². The van der Waals surface area contributed by atoms with Crippen molar-refractivity contribution in [2.24, 2.45) is 11.8 Å². The van der Waals surface area contributed by atoms with Gasteiger partial charge in [-0.2, -0.15) is 0 Å². The van der Waals surface area contributed by atoms with Gasteiger partial charge in [-0.3, -0.25) is 0 Å². The lowest BCUT2D eigenvalue weighted by molar-refractivity contribution is 0.104. The van der Waals surface area contributed by atoms with E-state index in [2.05, 4.69) is 37.5 Å². The van der Waals surface area contributed by atoms with Gasteiger partial charge in [0.2, 0.25) is 0 Å². The Morgan fingerprint density at radius 2 is 1.61 bits per heavy atom. The van der Waals surface area contributed by atoms with Crippen molar-refractivity contribution in [1.82, 2.24) is 9.80 Å². The van der Waals surface area contributed by atoms with Gasteiger partial charge in [0, 0.05) is 18.6 Å². The summed E-state index contributed by atoms with van der Waals surface area (Å²) in [5.74, 6) is 1.85. The molecule has 2 fully saturated rings. The first-order valence-corrected chi connectivity index (χ1v) is 8.04. The highest BCUT2D eigenvalue weighted by atomic mass is 15.2. The predicted octanol–water partition coefficient (Wildman–Crippen LogP) is 3.23. The van der Waals surface area contributed by atoms with Gasteiger partial charge in [-0.05, 0) is 71.0 Å². The van der Waals surface area contributed by atoms with E-state index in [-0.39, 0.29) is 0 Å². The molecular weight excluding hydrogens is 220 g/mol. The van der Waals surface area contributed by atoms with Crippen molar-refractivity contribution in [1.29, 1.82) is 0 Å². The normalized spacial score (nSPS) is 28.7. The fourth-order valence-corrected chi connectivity index (χ4v) is 3.82. The zero-order valence-corrected chi connectivity index (χ0v) is 12.9. The first-order chi connectivity index (χ1) is 8.56. The van der Waals surface area contributed by atoms with E-state index in [0.29, 0.717) is 0 Å². The number of rotatable bonds is 4. The van der Waals surface area contributed by atoms with E-state index in [4.69, 9.17) is 0 Å². The summed E-state index contributed by atoms with van der Waals surface area (Å²) >= 11 is 0. The molecule has 1 atom stereocenters. The summed E-state index contributed by atoms with van der Waals surface area (Å²) in [5.41, 5.74) is 0. The van der Waals surface area contributed by atoms with Crippen molar-refractivity contribution in [2.75, 3.05) is 26.2 Å². The second kappa shape index (κ2) is 6.38. The molecule has 1 unspecified atom stereocenters. The largest absolute Gasteiger partial charge is 0.301 e. The van der Waals surface area contributed by atoms with Crippen molar-refractivity contribution >= 4 is 0 Å². The maximum atomic E-state index is 2.80. The molecule has 0 aromatic heterocycles. The van der Waals surface area contributed by atoms with E-state index >= 15 is 0 Å². The second-order valence-electron chi connectivity index (χ2n) is 7.14. The first kappa shape index (κ1) is 14.3. The lowest BCUT2D eigenvalue weighted by Crippen LogP contribution is -2.46. The van der Waals surface area contributed by atoms with Crippen LogP contribution in [0.5, 0.6) is 0 Å². The zero-order chi connectivity index (χ0) is 13.1. The fourth-order valence-electron chi connectivity index (χ4n) is 3.82. The third-order valence-electron chi connectivity index (χ3n) is 4.87. The molecule has 0 aliphatic carbocycles. The highest BCUT2D eigenvalue weighted by Gasteiger charge is 2.31. The molecule has 2 rings (SSSR count). The maximum Gasteiger partial charge on any atom is 0.0120 e. The monoisotopic (exact) mass is 252 g/mol. The Hall–Kier alpha value is -0.0800. The van der Waals surface area contributed by atoms with E-state index in [1.165, 1.54) is 51.9 Å². The van der Waals surface area contributed by atoms with Crippen LogP contribution in [0.25, 0.3) is 0 Å². The number of hydrogen-bond donors (Lipinski definition) is 0. The minimum absolute atomic E-state index is 0.734. The minimum Gasteiger partial charge on any atom is -0.301 e. The molecule has 0 aromatic rings. The molecule has 2 heterocycles. The number of hydrogen-bond acceptors (Lipinski definition) is 2. The van der Waals surface area contributed by atoms with Gasteiger partial charge >= 0.3 is 0 Å². The SMILES string of the molecule is CC(C)CC1CCN(C2CCN(C(C)C)CC2)C1. The van der Waals surface area contributed by atoms with Crippen molar-refractivity contribution in [3.63, 3.8) is 0 Å². The average Bonchev–Trinajstić information content (AvgIpc) is 2.76. The smallest absolute Gasteiger partial charge is 0.0120 e. The third kappa shape index (κ3) is 3.71. The quantitative estimate of drug-likeness (QED) is 0.758. The summed E-state index contributed by atoms with van der Waals surface area (Å²) < 4.78 is 0. The summed E-state index contributed by atoms with van der Waals surface area (Å²) in [6.45, 7) is 14.8. The molecule has 0 bridgehead atoms. The average molecular weight is 252 g/mol. The molecule has 0 saturated carbocycles. The molecule has 2 aliphatic heterocycles. The Bertz CT molecular complexity index is 241. The van der Waals surface area contributed by atoms with Gasteiger partial charge in [0.05, 0.1) is 0 Å². The highest BCUT2D eigenvalue weighted by Crippen LogP contribution is 2.28. The highest BCUT2D eigenvalue weighted by molar-refractivity contribution is 4.86. The lowest BCUT2D eigenvalue weighted by atomic mass is 9.96.